The molecule has 1 aliphatic rings. The number of carbonyl (C=O) groups is 1. The molecule has 0 saturated carbocycles. The van der Waals surface area contributed by atoms with E-state index in [9.17, 15) is 30.3 Å². The van der Waals surface area contributed by atoms with Crippen LogP contribution in [0, 0.1) is 0 Å². The van der Waals surface area contributed by atoms with Gasteiger partial charge in [-0.15, -0.1) is 0 Å². The molecule has 0 unspecified atom stereocenters. The molecular formula is C15H20O9. The molecule has 1 aromatic carbocycles. The summed E-state index contributed by atoms with van der Waals surface area (Å²) in [4.78, 5) is 11.7. The number of methoxy groups -OCH3 is 1. The molecule has 9 heteroatoms. The molecule has 0 spiro atoms. The van der Waals surface area contributed by atoms with Crippen molar-refractivity contribution in [2.24, 2.45) is 0 Å². The van der Waals surface area contributed by atoms with Crippen molar-refractivity contribution >= 4 is 5.78 Å². The second kappa shape index (κ2) is 7.32. The first-order valence-corrected chi connectivity index (χ1v) is 7.19. The van der Waals surface area contributed by atoms with Crippen molar-refractivity contribution < 1.29 is 44.5 Å². The highest BCUT2D eigenvalue weighted by atomic mass is 16.7. The molecule has 134 valence electrons. The maximum absolute atomic E-state index is 11.7. The van der Waals surface area contributed by atoms with Crippen LogP contribution >= 0.6 is 0 Å². The summed E-state index contributed by atoms with van der Waals surface area (Å²) in [6, 6.07) is 2.52. The number of carbonyl (C=O) groups excluding carboxylic acids is 1. The molecule has 0 radical (unpaired) electrons. The number of hydrogen-bond acceptors (Lipinski definition) is 9. The van der Waals surface area contributed by atoms with Gasteiger partial charge in [0.1, 0.15) is 47.2 Å². The van der Waals surface area contributed by atoms with Gasteiger partial charge in [0.2, 0.25) is 6.29 Å². The maximum atomic E-state index is 11.7. The Labute approximate surface area is 137 Å². The Morgan fingerprint density at radius 2 is 1.88 bits per heavy atom. The van der Waals surface area contributed by atoms with Crippen molar-refractivity contribution in [3.8, 4) is 17.2 Å². The lowest BCUT2D eigenvalue weighted by atomic mass is 9.99. The zero-order chi connectivity index (χ0) is 18.0. The molecule has 1 heterocycles. The van der Waals surface area contributed by atoms with Crippen LogP contribution in [0.15, 0.2) is 12.1 Å². The minimum Gasteiger partial charge on any atom is -0.507 e. The van der Waals surface area contributed by atoms with E-state index in [0.29, 0.717) is 0 Å². The Hall–Kier alpha value is -1.91. The zero-order valence-electron chi connectivity index (χ0n) is 13.1. The van der Waals surface area contributed by atoms with E-state index in [1.54, 1.807) is 0 Å². The van der Waals surface area contributed by atoms with Crippen LogP contribution in [0.2, 0.25) is 0 Å². The van der Waals surface area contributed by atoms with Crippen LogP contribution in [0.4, 0.5) is 0 Å². The van der Waals surface area contributed by atoms with Crippen molar-refractivity contribution in [3.63, 3.8) is 0 Å². The quantitative estimate of drug-likeness (QED) is 0.415. The Morgan fingerprint density at radius 1 is 1.21 bits per heavy atom. The van der Waals surface area contributed by atoms with Crippen LogP contribution in [-0.4, -0.2) is 75.7 Å². The molecule has 1 aliphatic heterocycles. The van der Waals surface area contributed by atoms with Gasteiger partial charge in [-0.3, -0.25) is 4.79 Å². The van der Waals surface area contributed by atoms with E-state index in [1.807, 2.05) is 0 Å². The highest BCUT2D eigenvalue weighted by molar-refractivity contribution is 5.99. The van der Waals surface area contributed by atoms with Gasteiger partial charge in [-0.05, 0) is 6.92 Å². The van der Waals surface area contributed by atoms with Crippen LogP contribution in [0.5, 0.6) is 17.2 Å². The van der Waals surface area contributed by atoms with Gasteiger partial charge in [0, 0.05) is 12.1 Å². The van der Waals surface area contributed by atoms with E-state index in [0.717, 1.165) is 0 Å². The average molecular weight is 344 g/mol. The van der Waals surface area contributed by atoms with Crippen LogP contribution in [0.25, 0.3) is 0 Å². The summed E-state index contributed by atoms with van der Waals surface area (Å²) in [5.74, 6) is -0.836. The number of Topliss-reactive ketones (excluding diaryl/α,β-unsaturated/α-hetero) is 1. The van der Waals surface area contributed by atoms with Crippen molar-refractivity contribution in [1.29, 1.82) is 0 Å². The number of aliphatic hydroxyl groups excluding tert-OH is 4. The Morgan fingerprint density at radius 3 is 2.42 bits per heavy atom. The Balaban J connectivity index is 2.35. The summed E-state index contributed by atoms with van der Waals surface area (Å²) in [5, 5.41) is 48.6. The summed E-state index contributed by atoms with van der Waals surface area (Å²) in [6.45, 7) is 0.593. The second-order valence-corrected chi connectivity index (χ2v) is 5.39. The highest BCUT2D eigenvalue weighted by Gasteiger charge is 2.45. The standard InChI is InChI=1S/C15H20O9/c1-6(17)11-8(18)3-7(22-2)4-9(11)23-15-14(21)13(20)12(19)10(5-16)24-15/h3-4,10,12-16,18-21H,5H2,1-2H3/t10-,12-,13-,14-,15-/m0/s1. The van der Waals surface area contributed by atoms with E-state index in [-0.39, 0.29) is 22.8 Å². The molecule has 1 fully saturated rings. The van der Waals surface area contributed by atoms with Crippen LogP contribution in [0.3, 0.4) is 0 Å². The van der Waals surface area contributed by atoms with Crippen molar-refractivity contribution in [2.45, 2.75) is 37.6 Å². The van der Waals surface area contributed by atoms with Gasteiger partial charge >= 0.3 is 0 Å². The zero-order valence-corrected chi connectivity index (χ0v) is 13.1. The summed E-state index contributed by atoms with van der Waals surface area (Å²) < 4.78 is 15.6. The third-order valence-corrected chi connectivity index (χ3v) is 3.73. The molecule has 0 aromatic heterocycles. The predicted octanol–water partition coefficient (Wildman–Crippen LogP) is -1.22. The number of rotatable bonds is 5. The van der Waals surface area contributed by atoms with Gasteiger partial charge in [-0.25, -0.2) is 0 Å². The number of aliphatic hydroxyl groups is 4. The second-order valence-electron chi connectivity index (χ2n) is 5.39. The molecule has 5 atom stereocenters. The number of ketones is 1. The topological polar surface area (TPSA) is 146 Å². The van der Waals surface area contributed by atoms with Gasteiger partial charge in [0.15, 0.2) is 5.78 Å². The van der Waals surface area contributed by atoms with Crippen LogP contribution < -0.4 is 9.47 Å². The average Bonchev–Trinajstić information content (AvgIpc) is 2.54. The number of phenols is 1. The van der Waals surface area contributed by atoms with Crippen molar-refractivity contribution in [1.82, 2.24) is 0 Å². The smallest absolute Gasteiger partial charge is 0.229 e. The van der Waals surface area contributed by atoms with E-state index in [4.69, 9.17) is 14.2 Å². The lowest BCUT2D eigenvalue weighted by Crippen LogP contribution is -2.60. The molecule has 1 saturated heterocycles. The Bertz CT molecular complexity index is 601. The van der Waals surface area contributed by atoms with Gasteiger partial charge < -0.3 is 39.7 Å². The molecule has 24 heavy (non-hydrogen) atoms. The van der Waals surface area contributed by atoms with Crippen molar-refractivity contribution in [2.75, 3.05) is 13.7 Å². The van der Waals surface area contributed by atoms with E-state index < -0.39 is 43.1 Å². The molecule has 1 aromatic rings. The van der Waals surface area contributed by atoms with Gasteiger partial charge in [-0.1, -0.05) is 0 Å². The minimum atomic E-state index is -1.64. The lowest BCUT2D eigenvalue weighted by Gasteiger charge is -2.39. The normalized spacial score (nSPS) is 30.0. The summed E-state index contributed by atoms with van der Waals surface area (Å²) in [5.41, 5.74) is -0.159. The fourth-order valence-corrected chi connectivity index (χ4v) is 2.43. The lowest BCUT2D eigenvalue weighted by molar-refractivity contribution is -0.277. The number of benzene rings is 1. The maximum Gasteiger partial charge on any atom is 0.229 e. The molecular weight excluding hydrogens is 324 g/mol. The molecule has 0 amide bonds. The predicted molar refractivity (Wildman–Crippen MR) is 79.1 cm³/mol. The molecule has 9 nitrogen and oxygen atoms in total. The molecule has 5 N–H and O–H groups in total. The fourth-order valence-electron chi connectivity index (χ4n) is 2.43. The Kier molecular flexibility index (Phi) is 5.62. The first kappa shape index (κ1) is 18.4. The van der Waals surface area contributed by atoms with Crippen LogP contribution in [-0.2, 0) is 4.74 Å². The first-order chi connectivity index (χ1) is 11.3. The third kappa shape index (κ3) is 3.45. The van der Waals surface area contributed by atoms with Gasteiger partial charge in [0.05, 0.1) is 13.7 Å². The van der Waals surface area contributed by atoms with E-state index >= 15 is 0 Å². The highest BCUT2D eigenvalue weighted by Crippen LogP contribution is 2.35. The van der Waals surface area contributed by atoms with E-state index in [1.165, 1.54) is 26.2 Å². The molecule has 0 bridgehead atoms. The van der Waals surface area contributed by atoms with Gasteiger partial charge in [-0.2, -0.15) is 0 Å². The SMILES string of the molecule is COc1cc(O)c(C(C)=O)c(O[C@H]2O[C@@H](CO)[C@H](O)[C@H](O)[C@@H]2O)c1. The van der Waals surface area contributed by atoms with Gasteiger partial charge in [0.25, 0.3) is 0 Å². The monoisotopic (exact) mass is 344 g/mol. The molecule has 0 aliphatic carbocycles. The number of hydrogen-bond donors (Lipinski definition) is 5. The first-order valence-electron chi connectivity index (χ1n) is 7.19. The summed E-state index contributed by atoms with van der Waals surface area (Å²) in [6.07, 6.45) is -7.44. The summed E-state index contributed by atoms with van der Waals surface area (Å²) >= 11 is 0. The molecule has 2 rings (SSSR count). The number of ether oxygens (including phenoxy) is 3. The van der Waals surface area contributed by atoms with Crippen LogP contribution in [0.1, 0.15) is 17.3 Å². The van der Waals surface area contributed by atoms with E-state index in [2.05, 4.69) is 0 Å². The fraction of sp³-hybridized carbons (Fsp3) is 0.533. The van der Waals surface area contributed by atoms with Crippen molar-refractivity contribution in [3.05, 3.63) is 17.7 Å². The number of phenolic OH excluding ortho intramolecular Hbond substituents is 1. The summed E-state index contributed by atoms with van der Waals surface area (Å²) in [7, 11) is 1.35. The number of aromatic hydroxyl groups is 1. The largest absolute Gasteiger partial charge is 0.507 e. The third-order valence-electron chi connectivity index (χ3n) is 3.73. The minimum absolute atomic E-state index is 0.135.